The van der Waals surface area contributed by atoms with Gasteiger partial charge in [0.25, 0.3) is 5.91 Å². The quantitative estimate of drug-likeness (QED) is 0.534. The largest absolute Gasteiger partial charge is 0.452 e. The first-order valence-electron chi connectivity index (χ1n) is 8.25. The van der Waals surface area contributed by atoms with Crippen molar-refractivity contribution in [3.63, 3.8) is 0 Å². The summed E-state index contributed by atoms with van der Waals surface area (Å²) in [7, 11) is -3.49. The number of carbonyl (C=O) groups excluding carboxylic acids is 2. The lowest BCUT2D eigenvalue weighted by Crippen LogP contribution is -2.29. The van der Waals surface area contributed by atoms with E-state index in [1.165, 1.54) is 17.7 Å². The lowest BCUT2D eigenvalue weighted by Gasteiger charge is -2.08. The highest BCUT2D eigenvalue weighted by Crippen LogP contribution is 2.21. The summed E-state index contributed by atoms with van der Waals surface area (Å²) in [6.07, 6.45) is 2.61. The van der Waals surface area contributed by atoms with Crippen LogP contribution in [0.5, 0.6) is 0 Å². The zero-order valence-electron chi connectivity index (χ0n) is 14.8. The molecule has 0 aromatic heterocycles. The predicted octanol–water partition coefficient (Wildman–Crippen LogP) is 2.65. The van der Waals surface area contributed by atoms with E-state index in [1.54, 1.807) is 0 Å². The molecule has 8 heteroatoms. The van der Waals surface area contributed by atoms with Crippen LogP contribution in [0.4, 0.5) is 0 Å². The molecule has 1 amide bonds. The van der Waals surface area contributed by atoms with Crippen LogP contribution in [-0.2, 0) is 25.8 Å². The number of hydrogen-bond donors (Lipinski definition) is 1. The van der Waals surface area contributed by atoms with Gasteiger partial charge in [0.1, 0.15) is 0 Å². The number of halogens is 1. The number of carbonyl (C=O) groups is 2. The molecule has 144 valence electrons. The molecule has 0 saturated heterocycles. The highest BCUT2D eigenvalue weighted by molar-refractivity contribution is 7.90. The Labute approximate surface area is 163 Å². The molecule has 27 heavy (non-hydrogen) atoms. The average Bonchev–Trinajstić information content (AvgIpc) is 2.63. The van der Waals surface area contributed by atoms with E-state index in [0.29, 0.717) is 6.54 Å². The number of amides is 1. The highest BCUT2D eigenvalue weighted by atomic mass is 35.5. The van der Waals surface area contributed by atoms with Crippen LogP contribution in [0.1, 0.15) is 22.3 Å². The molecular weight excluding hydrogens is 390 g/mol. The summed E-state index contributed by atoms with van der Waals surface area (Å²) in [5, 5.41) is 2.72. The molecule has 0 spiro atoms. The molecule has 0 heterocycles. The monoisotopic (exact) mass is 409 g/mol. The first-order chi connectivity index (χ1) is 12.8. The number of sulfone groups is 1. The molecule has 0 aliphatic carbocycles. The number of ether oxygens (including phenoxy) is 1. The molecule has 0 atom stereocenters. The Morgan fingerprint density at radius 2 is 1.81 bits per heavy atom. The minimum absolute atomic E-state index is 0.0515. The average molecular weight is 410 g/mol. The number of esters is 1. The molecule has 0 radical (unpaired) electrons. The molecule has 0 aliphatic heterocycles. The second-order valence-electron chi connectivity index (χ2n) is 5.93. The zero-order valence-corrected chi connectivity index (χ0v) is 16.3. The van der Waals surface area contributed by atoms with Crippen molar-refractivity contribution in [1.82, 2.24) is 5.32 Å². The van der Waals surface area contributed by atoms with Gasteiger partial charge < -0.3 is 10.1 Å². The summed E-state index contributed by atoms with van der Waals surface area (Å²) >= 11 is 5.92. The first kappa shape index (κ1) is 20.9. The van der Waals surface area contributed by atoms with Gasteiger partial charge in [-0.05, 0) is 36.6 Å². The Morgan fingerprint density at radius 1 is 1.11 bits per heavy atom. The Balaban J connectivity index is 1.80. The fourth-order valence-corrected chi connectivity index (χ4v) is 3.16. The molecule has 0 unspecified atom stereocenters. The van der Waals surface area contributed by atoms with Gasteiger partial charge in [0.15, 0.2) is 16.4 Å². The van der Waals surface area contributed by atoms with Crippen molar-refractivity contribution in [1.29, 1.82) is 0 Å². The van der Waals surface area contributed by atoms with Crippen LogP contribution >= 0.6 is 11.6 Å². The second-order valence-corrected chi connectivity index (χ2v) is 8.35. The lowest BCUT2D eigenvalue weighted by molar-refractivity contribution is -0.124. The summed E-state index contributed by atoms with van der Waals surface area (Å²) in [6.45, 7) is -0.0147. The SMILES string of the molecule is CS(=O)(=O)c1ccc(Cl)c(C(=O)OCC(=O)NCCCc2ccccc2)c1. The Morgan fingerprint density at radius 3 is 2.48 bits per heavy atom. The summed E-state index contributed by atoms with van der Waals surface area (Å²) in [4.78, 5) is 23.8. The van der Waals surface area contributed by atoms with Gasteiger partial charge in [-0.2, -0.15) is 0 Å². The van der Waals surface area contributed by atoms with Crippen LogP contribution < -0.4 is 5.32 Å². The number of rotatable bonds is 8. The van der Waals surface area contributed by atoms with Crippen LogP contribution in [-0.4, -0.2) is 39.7 Å². The topological polar surface area (TPSA) is 89.5 Å². The van der Waals surface area contributed by atoms with Gasteiger partial charge in [0.05, 0.1) is 15.5 Å². The van der Waals surface area contributed by atoms with Crippen LogP contribution in [0.2, 0.25) is 5.02 Å². The van der Waals surface area contributed by atoms with Gasteiger partial charge in [-0.25, -0.2) is 13.2 Å². The second kappa shape index (κ2) is 9.53. The summed E-state index contributed by atoms with van der Waals surface area (Å²) < 4.78 is 28.1. The maximum atomic E-state index is 12.1. The van der Waals surface area contributed by atoms with Crippen LogP contribution in [0, 0.1) is 0 Å². The number of benzene rings is 2. The van der Waals surface area contributed by atoms with Crippen molar-refractivity contribution >= 4 is 33.3 Å². The van der Waals surface area contributed by atoms with E-state index < -0.39 is 28.3 Å². The molecular formula is C19H20ClNO5S. The van der Waals surface area contributed by atoms with E-state index >= 15 is 0 Å². The van der Waals surface area contributed by atoms with E-state index in [1.807, 2.05) is 30.3 Å². The number of nitrogens with one attached hydrogen (secondary N) is 1. The van der Waals surface area contributed by atoms with Gasteiger partial charge in [-0.15, -0.1) is 0 Å². The Hall–Kier alpha value is -2.38. The van der Waals surface area contributed by atoms with Crippen molar-refractivity contribution in [2.75, 3.05) is 19.4 Å². The molecule has 0 fully saturated rings. The number of hydrogen-bond acceptors (Lipinski definition) is 5. The van der Waals surface area contributed by atoms with Crippen LogP contribution in [0.3, 0.4) is 0 Å². The molecule has 0 aliphatic rings. The van der Waals surface area contributed by atoms with Gasteiger partial charge in [-0.3, -0.25) is 4.79 Å². The third-order valence-electron chi connectivity index (χ3n) is 3.73. The standard InChI is InChI=1S/C19H20ClNO5S/c1-27(24,25)15-9-10-17(20)16(12-15)19(23)26-13-18(22)21-11-5-8-14-6-3-2-4-7-14/h2-4,6-7,9-10,12H,5,8,11,13H2,1H3,(H,21,22). The predicted molar refractivity (Wildman–Crippen MR) is 103 cm³/mol. The molecule has 0 bridgehead atoms. The fraction of sp³-hybridized carbons (Fsp3) is 0.263. The smallest absolute Gasteiger partial charge is 0.340 e. The van der Waals surface area contributed by atoms with Crippen molar-refractivity contribution in [2.24, 2.45) is 0 Å². The molecule has 0 saturated carbocycles. The molecule has 1 N–H and O–H groups in total. The normalized spacial score (nSPS) is 11.0. The maximum Gasteiger partial charge on any atom is 0.340 e. The van der Waals surface area contributed by atoms with E-state index in [0.717, 1.165) is 25.2 Å². The van der Waals surface area contributed by atoms with Crippen molar-refractivity contribution in [2.45, 2.75) is 17.7 Å². The minimum atomic E-state index is -3.49. The Kier molecular flexibility index (Phi) is 7.38. The van der Waals surface area contributed by atoms with Crippen molar-refractivity contribution in [3.05, 3.63) is 64.7 Å². The van der Waals surface area contributed by atoms with Crippen molar-refractivity contribution < 1.29 is 22.7 Å². The van der Waals surface area contributed by atoms with Gasteiger partial charge >= 0.3 is 5.97 Å². The summed E-state index contributed by atoms with van der Waals surface area (Å²) in [5.74, 6) is -1.29. The molecule has 2 aromatic carbocycles. The first-order valence-corrected chi connectivity index (χ1v) is 10.5. The van der Waals surface area contributed by atoms with Crippen LogP contribution in [0.25, 0.3) is 0 Å². The minimum Gasteiger partial charge on any atom is -0.452 e. The fourth-order valence-electron chi connectivity index (χ4n) is 2.32. The lowest BCUT2D eigenvalue weighted by atomic mass is 10.1. The van der Waals surface area contributed by atoms with E-state index in [4.69, 9.17) is 16.3 Å². The molecule has 2 rings (SSSR count). The van der Waals surface area contributed by atoms with Crippen molar-refractivity contribution in [3.8, 4) is 0 Å². The zero-order chi connectivity index (χ0) is 19.9. The van der Waals surface area contributed by atoms with E-state index in [-0.39, 0.29) is 15.5 Å². The highest BCUT2D eigenvalue weighted by Gasteiger charge is 2.17. The molecule has 2 aromatic rings. The van der Waals surface area contributed by atoms with Gasteiger partial charge in [0, 0.05) is 12.8 Å². The Bertz CT molecular complexity index is 913. The number of aryl methyl sites for hydroxylation is 1. The third-order valence-corrected chi connectivity index (χ3v) is 5.17. The summed E-state index contributed by atoms with van der Waals surface area (Å²) in [5.41, 5.74) is 1.08. The van der Waals surface area contributed by atoms with E-state index in [2.05, 4.69) is 5.32 Å². The van der Waals surface area contributed by atoms with Gasteiger partial charge in [-0.1, -0.05) is 41.9 Å². The third kappa shape index (κ3) is 6.69. The van der Waals surface area contributed by atoms with E-state index in [9.17, 15) is 18.0 Å². The summed E-state index contributed by atoms with van der Waals surface area (Å²) in [6, 6.07) is 13.6. The maximum absolute atomic E-state index is 12.1. The van der Waals surface area contributed by atoms with Crippen LogP contribution in [0.15, 0.2) is 53.4 Å². The van der Waals surface area contributed by atoms with Gasteiger partial charge in [0.2, 0.25) is 0 Å². The molecule has 6 nitrogen and oxygen atoms in total.